The van der Waals surface area contributed by atoms with Gasteiger partial charge in [0, 0.05) is 56.7 Å². The molecule has 4 aromatic heterocycles. The van der Waals surface area contributed by atoms with Crippen molar-refractivity contribution in [3.05, 3.63) is 66.9 Å². The fraction of sp³-hybridized carbons (Fsp3) is 0.211. The molecule has 0 saturated carbocycles. The first-order valence-corrected chi connectivity index (χ1v) is 8.91. The number of nitrogens with zero attached hydrogens (tertiary/aromatic N) is 5. The Kier molecular flexibility index (Phi) is 5.05. The Morgan fingerprint density at radius 2 is 1.96 bits per heavy atom. The second-order valence-corrected chi connectivity index (χ2v) is 6.28. The van der Waals surface area contributed by atoms with E-state index in [0.29, 0.717) is 17.7 Å². The molecule has 0 fully saturated rings. The lowest BCUT2D eigenvalue weighted by Gasteiger charge is -2.12. The molecule has 0 spiro atoms. The van der Waals surface area contributed by atoms with Crippen LogP contribution in [-0.2, 0) is 13.1 Å². The average molecular weight is 357 g/mol. The normalized spacial score (nSPS) is 11.0. The summed E-state index contributed by atoms with van der Waals surface area (Å²) < 4.78 is 3.88. The molecule has 0 aromatic carbocycles. The fourth-order valence-corrected chi connectivity index (χ4v) is 2.89. The zero-order chi connectivity index (χ0) is 18.5. The second-order valence-electron chi connectivity index (χ2n) is 6.28. The number of hydrogen-bond acceptors (Lipinski definition) is 5. The maximum Gasteiger partial charge on any atom is 0.152 e. The van der Waals surface area contributed by atoms with Crippen LogP contribution in [0.25, 0.3) is 5.65 Å². The van der Waals surface area contributed by atoms with E-state index < -0.39 is 0 Å². The maximum atomic E-state index is 6.03. The Bertz CT molecular complexity index is 996. The Balaban J connectivity index is 1.46. The van der Waals surface area contributed by atoms with Crippen LogP contribution in [0, 0.1) is 0 Å². The van der Waals surface area contributed by atoms with Gasteiger partial charge in [-0.2, -0.15) is 9.61 Å². The van der Waals surface area contributed by atoms with Crippen molar-refractivity contribution in [3.8, 4) is 0 Å². The van der Waals surface area contributed by atoms with Crippen molar-refractivity contribution in [2.45, 2.75) is 19.5 Å². The molecule has 8 heteroatoms. The van der Waals surface area contributed by atoms with Gasteiger partial charge in [0.25, 0.3) is 0 Å². The van der Waals surface area contributed by atoms with Crippen LogP contribution in [0.5, 0.6) is 0 Å². The summed E-state index contributed by atoms with van der Waals surface area (Å²) >= 11 is 0. The van der Waals surface area contributed by atoms with E-state index in [1.54, 1.807) is 16.9 Å². The van der Waals surface area contributed by atoms with Crippen molar-refractivity contribution in [3.63, 3.8) is 0 Å². The van der Waals surface area contributed by atoms with Crippen molar-refractivity contribution in [2.24, 2.45) is 0 Å². The fourth-order valence-electron chi connectivity index (χ4n) is 2.89. The molecular formula is C19H20BN7. The Labute approximate surface area is 158 Å². The van der Waals surface area contributed by atoms with E-state index in [4.69, 9.17) is 7.85 Å². The minimum atomic E-state index is 0.551. The number of anilines is 2. The molecule has 0 atom stereocenters. The van der Waals surface area contributed by atoms with Gasteiger partial charge in [-0.15, -0.1) is 0 Å². The molecule has 2 N–H and O–H groups in total. The summed E-state index contributed by atoms with van der Waals surface area (Å²) in [5.41, 5.74) is 2.28. The minimum Gasteiger partial charge on any atom is -0.370 e. The van der Waals surface area contributed by atoms with Crippen molar-refractivity contribution < 1.29 is 0 Å². The molecule has 134 valence electrons. The third-order valence-electron chi connectivity index (χ3n) is 4.26. The molecule has 2 radical (unpaired) electrons. The van der Waals surface area contributed by atoms with Crippen LogP contribution in [0.2, 0.25) is 0 Å². The monoisotopic (exact) mass is 357 g/mol. The molecule has 0 aliphatic rings. The lowest BCUT2D eigenvalue weighted by atomic mass is 10.0. The van der Waals surface area contributed by atoms with Gasteiger partial charge >= 0.3 is 0 Å². The van der Waals surface area contributed by atoms with Crippen molar-refractivity contribution in [2.75, 3.05) is 17.2 Å². The first kappa shape index (κ1) is 17.1. The molecule has 27 heavy (non-hydrogen) atoms. The van der Waals surface area contributed by atoms with E-state index in [2.05, 4.69) is 42.7 Å². The molecule has 0 saturated heterocycles. The Hall–Kier alpha value is -3.29. The Morgan fingerprint density at radius 1 is 1.07 bits per heavy atom. The lowest BCUT2D eigenvalue weighted by molar-refractivity contribution is 0.664. The van der Waals surface area contributed by atoms with E-state index >= 15 is 0 Å². The number of aryl methyl sites for hydroxylation is 1. The first-order valence-electron chi connectivity index (χ1n) is 8.91. The summed E-state index contributed by atoms with van der Waals surface area (Å²) in [4.78, 5) is 8.73. The minimum absolute atomic E-state index is 0.551. The molecular weight excluding hydrogens is 337 g/mol. The van der Waals surface area contributed by atoms with Crippen LogP contribution in [-0.4, -0.2) is 38.5 Å². The zero-order valence-electron chi connectivity index (χ0n) is 14.9. The number of aromatic nitrogens is 5. The summed E-state index contributed by atoms with van der Waals surface area (Å²) in [7, 11) is 6.03. The van der Waals surface area contributed by atoms with Gasteiger partial charge in [0.15, 0.2) is 5.65 Å². The van der Waals surface area contributed by atoms with Gasteiger partial charge in [0.1, 0.15) is 19.5 Å². The molecule has 0 aliphatic heterocycles. The third-order valence-corrected chi connectivity index (χ3v) is 4.26. The molecule has 0 aliphatic carbocycles. The zero-order valence-corrected chi connectivity index (χ0v) is 14.9. The van der Waals surface area contributed by atoms with Gasteiger partial charge in [-0.25, -0.2) is 4.98 Å². The second kappa shape index (κ2) is 7.95. The van der Waals surface area contributed by atoms with Gasteiger partial charge < -0.3 is 15.2 Å². The van der Waals surface area contributed by atoms with Crippen LogP contribution in [0.4, 0.5) is 11.6 Å². The summed E-state index contributed by atoms with van der Waals surface area (Å²) in [6.07, 6.45) is 10.3. The van der Waals surface area contributed by atoms with Gasteiger partial charge in [-0.05, 0) is 35.6 Å². The molecule has 0 bridgehead atoms. The highest BCUT2D eigenvalue weighted by Gasteiger charge is 2.09. The summed E-state index contributed by atoms with van der Waals surface area (Å²) in [5, 5.41) is 11.1. The molecule has 4 rings (SSSR count). The van der Waals surface area contributed by atoms with Gasteiger partial charge in [0.05, 0.1) is 0 Å². The van der Waals surface area contributed by atoms with E-state index in [1.165, 1.54) is 0 Å². The number of hydrogen-bond donors (Lipinski definition) is 2. The maximum absolute atomic E-state index is 6.03. The third kappa shape index (κ3) is 4.11. The van der Waals surface area contributed by atoms with E-state index in [9.17, 15) is 0 Å². The number of fused-ring (bicyclic) bond motifs is 1. The van der Waals surface area contributed by atoms with Crippen LogP contribution in [0.1, 0.15) is 12.0 Å². The van der Waals surface area contributed by atoms with E-state index in [-0.39, 0.29) is 0 Å². The SMILES string of the molecule is [B]c1cnn2c(NCc3cccnc3)cc(NCCCn3cccc3)nc12. The topological polar surface area (TPSA) is 72.1 Å². The van der Waals surface area contributed by atoms with Crippen molar-refractivity contribution >= 4 is 30.6 Å². The van der Waals surface area contributed by atoms with Crippen LogP contribution in [0.3, 0.4) is 0 Å². The largest absolute Gasteiger partial charge is 0.370 e. The number of pyridine rings is 1. The summed E-state index contributed by atoms with van der Waals surface area (Å²) in [6.45, 7) is 2.42. The number of nitrogens with one attached hydrogen (secondary N) is 2. The van der Waals surface area contributed by atoms with E-state index in [1.807, 2.05) is 36.5 Å². The Morgan fingerprint density at radius 3 is 2.78 bits per heavy atom. The predicted molar refractivity (Wildman–Crippen MR) is 107 cm³/mol. The first-order chi connectivity index (χ1) is 13.3. The average Bonchev–Trinajstić information content (AvgIpc) is 3.35. The van der Waals surface area contributed by atoms with Crippen molar-refractivity contribution in [1.82, 2.24) is 24.1 Å². The standard InChI is InChI=1S/C19H20BN7/c20-16-14-24-27-18(23-13-15-5-3-6-21-12-15)11-17(25-19(16)27)22-7-4-10-26-8-1-2-9-26/h1-3,5-6,8-9,11-12,14,23H,4,7,10,13H2,(H,22,25). The van der Waals surface area contributed by atoms with Crippen molar-refractivity contribution in [1.29, 1.82) is 0 Å². The molecule has 0 amide bonds. The molecule has 7 nitrogen and oxygen atoms in total. The highest BCUT2D eigenvalue weighted by atomic mass is 15.3. The molecule has 0 unspecified atom stereocenters. The smallest absolute Gasteiger partial charge is 0.152 e. The van der Waals surface area contributed by atoms with Crippen LogP contribution < -0.4 is 16.1 Å². The quantitative estimate of drug-likeness (QED) is 0.372. The molecule has 4 aromatic rings. The van der Waals surface area contributed by atoms with Gasteiger partial charge in [0.2, 0.25) is 0 Å². The predicted octanol–water partition coefficient (Wildman–Crippen LogP) is 1.83. The van der Waals surface area contributed by atoms with Crippen LogP contribution >= 0.6 is 0 Å². The van der Waals surface area contributed by atoms with Gasteiger partial charge in [-0.3, -0.25) is 4.98 Å². The highest BCUT2D eigenvalue weighted by Crippen LogP contribution is 2.16. The van der Waals surface area contributed by atoms with Gasteiger partial charge in [-0.1, -0.05) is 6.07 Å². The summed E-state index contributed by atoms with van der Waals surface area (Å²) in [6, 6.07) is 9.96. The highest BCUT2D eigenvalue weighted by molar-refractivity contribution is 6.36. The van der Waals surface area contributed by atoms with Crippen LogP contribution in [0.15, 0.2) is 61.3 Å². The molecule has 4 heterocycles. The number of rotatable bonds is 8. The summed E-state index contributed by atoms with van der Waals surface area (Å²) in [5.74, 6) is 1.60. The lowest BCUT2D eigenvalue weighted by Crippen LogP contribution is -2.12. The van der Waals surface area contributed by atoms with E-state index in [0.717, 1.165) is 36.7 Å².